The van der Waals surface area contributed by atoms with Gasteiger partial charge in [-0.15, -0.1) is 0 Å². The van der Waals surface area contributed by atoms with E-state index in [0.717, 1.165) is 0 Å². The lowest BCUT2D eigenvalue weighted by atomic mass is 10.0. The number of hydrogen-bond donors (Lipinski definition) is 2. The number of rotatable bonds is 6. The lowest BCUT2D eigenvalue weighted by Crippen LogP contribution is -2.54. The molecule has 1 aliphatic heterocycles. The maximum Gasteiger partial charge on any atom is 0.320 e. The summed E-state index contributed by atoms with van der Waals surface area (Å²) in [5.74, 6) is -1.65. The molecule has 1 fully saturated rings. The van der Waals surface area contributed by atoms with Gasteiger partial charge in [0.2, 0.25) is 0 Å². The molecule has 122 valence electrons. The molecule has 1 heterocycles. The molecule has 7 heteroatoms. The summed E-state index contributed by atoms with van der Waals surface area (Å²) in [6, 6.07) is -0.722. The molecule has 21 heavy (non-hydrogen) atoms. The molecule has 1 saturated heterocycles. The first-order valence-electron chi connectivity index (χ1n) is 7.29. The number of ether oxygens (including phenoxy) is 1. The smallest absolute Gasteiger partial charge is 0.320 e. The molecule has 2 N–H and O–H groups in total. The zero-order valence-corrected chi connectivity index (χ0v) is 13.2. The van der Waals surface area contributed by atoms with Crippen LogP contribution in [0.3, 0.4) is 0 Å². The molecule has 0 aromatic carbocycles. The fraction of sp³-hybridized carbons (Fsp3) is 0.857. The van der Waals surface area contributed by atoms with Crippen LogP contribution in [-0.4, -0.2) is 76.5 Å². The van der Waals surface area contributed by atoms with Gasteiger partial charge in [0.15, 0.2) is 0 Å². The van der Waals surface area contributed by atoms with Crippen molar-refractivity contribution in [1.29, 1.82) is 0 Å². The topological polar surface area (TPSA) is 90.3 Å². The van der Waals surface area contributed by atoms with Crippen molar-refractivity contribution in [2.24, 2.45) is 5.92 Å². The Hall–Kier alpha value is -1.34. The molecule has 1 aliphatic rings. The van der Waals surface area contributed by atoms with Crippen LogP contribution in [0.2, 0.25) is 0 Å². The van der Waals surface area contributed by atoms with Crippen molar-refractivity contribution in [1.82, 2.24) is 9.80 Å². The van der Waals surface area contributed by atoms with E-state index in [0.29, 0.717) is 13.1 Å². The molecular weight excluding hydrogens is 276 g/mol. The molecule has 0 saturated carbocycles. The summed E-state index contributed by atoms with van der Waals surface area (Å²) in [6.07, 6.45) is 0. The van der Waals surface area contributed by atoms with Crippen LogP contribution in [0.4, 0.5) is 4.79 Å². The van der Waals surface area contributed by atoms with Crippen molar-refractivity contribution in [2.75, 3.05) is 32.8 Å². The zero-order chi connectivity index (χ0) is 16.2. The van der Waals surface area contributed by atoms with Gasteiger partial charge >= 0.3 is 12.0 Å². The maximum atomic E-state index is 12.6. The second-order valence-electron chi connectivity index (χ2n) is 5.94. The minimum Gasteiger partial charge on any atom is -0.481 e. The van der Waals surface area contributed by atoms with Gasteiger partial charge in [-0.1, -0.05) is 0 Å². The lowest BCUT2D eigenvalue weighted by Gasteiger charge is -2.36. The van der Waals surface area contributed by atoms with E-state index in [-0.39, 0.29) is 25.8 Å². The summed E-state index contributed by atoms with van der Waals surface area (Å²) in [6.45, 7) is 8.33. The first-order valence-corrected chi connectivity index (χ1v) is 7.29. The fourth-order valence-corrected chi connectivity index (χ4v) is 2.56. The second-order valence-corrected chi connectivity index (χ2v) is 5.94. The summed E-state index contributed by atoms with van der Waals surface area (Å²) in [4.78, 5) is 26.9. The Labute approximate surface area is 125 Å². The van der Waals surface area contributed by atoms with Gasteiger partial charge in [-0.2, -0.15) is 0 Å². The van der Waals surface area contributed by atoms with Crippen molar-refractivity contribution in [3.05, 3.63) is 0 Å². The number of nitrogens with zero attached hydrogens (tertiary/aromatic N) is 2. The van der Waals surface area contributed by atoms with Gasteiger partial charge in [0.25, 0.3) is 0 Å². The number of carbonyl (C=O) groups is 2. The van der Waals surface area contributed by atoms with E-state index in [1.807, 2.05) is 13.8 Å². The predicted molar refractivity (Wildman–Crippen MR) is 77.1 cm³/mol. The van der Waals surface area contributed by atoms with Gasteiger partial charge in [-0.25, -0.2) is 4.79 Å². The Bertz CT molecular complexity index is 380. The van der Waals surface area contributed by atoms with E-state index >= 15 is 0 Å². The highest BCUT2D eigenvalue weighted by Gasteiger charge is 2.40. The Morgan fingerprint density at radius 3 is 2.29 bits per heavy atom. The average Bonchev–Trinajstić information content (AvgIpc) is 2.85. The van der Waals surface area contributed by atoms with Gasteiger partial charge in [0, 0.05) is 13.1 Å². The van der Waals surface area contributed by atoms with Crippen LogP contribution < -0.4 is 0 Å². The first-order chi connectivity index (χ1) is 9.71. The Morgan fingerprint density at radius 1 is 1.24 bits per heavy atom. The van der Waals surface area contributed by atoms with E-state index in [1.54, 1.807) is 13.8 Å². The highest BCUT2D eigenvalue weighted by molar-refractivity contribution is 5.77. The third kappa shape index (κ3) is 4.57. The standard InChI is InChI=1S/C14H26N2O5/c1-5-15(9-14(3,4)20)13(19)16(6-2)11-8-21-7-10(11)12(17)18/h10-11,20H,5-9H2,1-4H3,(H,17,18). The lowest BCUT2D eigenvalue weighted by molar-refractivity contribution is -0.142. The summed E-state index contributed by atoms with van der Waals surface area (Å²) in [5, 5.41) is 19.1. The van der Waals surface area contributed by atoms with E-state index in [2.05, 4.69) is 0 Å². The van der Waals surface area contributed by atoms with E-state index in [1.165, 1.54) is 9.80 Å². The molecule has 2 amide bonds. The van der Waals surface area contributed by atoms with Crippen molar-refractivity contribution >= 4 is 12.0 Å². The summed E-state index contributed by atoms with van der Waals surface area (Å²) in [5.41, 5.74) is -0.997. The van der Waals surface area contributed by atoms with Crippen LogP contribution in [0.25, 0.3) is 0 Å². The summed E-state index contributed by atoms with van der Waals surface area (Å²) >= 11 is 0. The van der Waals surface area contributed by atoms with Crippen molar-refractivity contribution < 1.29 is 24.5 Å². The van der Waals surface area contributed by atoms with Gasteiger partial charge in [-0.3, -0.25) is 4.79 Å². The Balaban J connectivity index is 2.87. The van der Waals surface area contributed by atoms with Gasteiger partial charge in [0.1, 0.15) is 5.92 Å². The van der Waals surface area contributed by atoms with Gasteiger partial charge in [-0.05, 0) is 27.7 Å². The van der Waals surface area contributed by atoms with Crippen LogP contribution in [-0.2, 0) is 9.53 Å². The van der Waals surface area contributed by atoms with E-state index < -0.39 is 23.5 Å². The number of aliphatic carboxylic acids is 1. The molecule has 0 bridgehead atoms. The zero-order valence-electron chi connectivity index (χ0n) is 13.2. The quantitative estimate of drug-likeness (QED) is 0.750. The molecule has 2 unspecified atom stereocenters. The maximum absolute atomic E-state index is 12.6. The molecular formula is C14H26N2O5. The Morgan fingerprint density at radius 2 is 1.86 bits per heavy atom. The van der Waals surface area contributed by atoms with Crippen LogP contribution in [0.5, 0.6) is 0 Å². The first kappa shape index (κ1) is 17.7. The second kappa shape index (κ2) is 7.09. The third-order valence-electron chi connectivity index (χ3n) is 3.58. The van der Waals surface area contributed by atoms with Crippen molar-refractivity contribution in [3.8, 4) is 0 Å². The number of carboxylic acids is 1. The number of carbonyl (C=O) groups excluding carboxylic acids is 1. The largest absolute Gasteiger partial charge is 0.481 e. The Kier molecular flexibility index (Phi) is 5.98. The molecule has 1 rings (SSSR count). The van der Waals surface area contributed by atoms with Crippen molar-refractivity contribution in [3.63, 3.8) is 0 Å². The molecule has 0 aromatic rings. The minimum absolute atomic E-state index is 0.126. The van der Waals surface area contributed by atoms with Crippen LogP contribution >= 0.6 is 0 Å². The highest BCUT2D eigenvalue weighted by Crippen LogP contribution is 2.22. The van der Waals surface area contributed by atoms with Crippen LogP contribution in [0.15, 0.2) is 0 Å². The van der Waals surface area contributed by atoms with Crippen molar-refractivity contribution in [2.45, 2.75) is 39.3 Å². The number of aliphatic hydroxyl groups is 1. The van der Waals surface area contributed by atoms with Crippen LogP contribution in [0, 0.1) is 5.92 Å². The minimum atomic E-state index is -0.997. The summed E-state index contributed by atoms with van der Waals surface area (Å²) in [7, 11) is 0. The average molecular weight is 302 g/mol. The number of urea groups is 1. The molecule has 0 radical (unpaired) electrons. The monoisotopic (exact) mass is 302 g/mol. The summed E-state index contributed by atoms with van der Waals surface area (Å²) < 4.78 is 5.24. The number of carboxylic acid groups (broad SMARTS) is 1. The number of amides is 2. The van der Waals surface area contributed by atoms with Crippen LogP contribution in [0.1, 0.15) is 27.7 Å². The molecule has 7 nitrogen and oxygen atoms in total. The number of likely N-dealkylation sites (N-methyl/N-ethyl adjacent to an activating group) is 2. The highest BCUT2D eigenvalue weighted by atomic mass is 16.5. The van der Waals surface area contributed by atoms with E-state index in [4.69, 9.17) is 4.74 Å². The fourth-order valence-electron chi connectivity index (χ4n) is 2.56. The normalized spacial score (nSPS) is 22.1. The molecule has 0 aliphatic carbocycles. The third-order valence-corrected chi connectivity index (χ3v) is 3.58. The predicted octanol–water partition coefficient (Wildman–Crippen LogP) is 0.621. The number of hydrogen-bond acceptors (Lipinski definition) is 4. The molecule has 0 aromatic heterocycles. The molecule has 0 spiro atoms. The van der Waals surface area contributed by atoms with Gasteiger partial charge in [0.05, 0.1) is 31.4 Å². The SMILES string of the molecule is CCN(CC(C)(C)O)C(=O)N(CC)C1COCC1C(=O)O. The van der Waals surface area contributed by atoms with Gasteiger partial charge < -0.3 is 24.7 Å². The molecule has 2 atom stereocenters. The van der Waals surface area contributed by atoms with E-state index in [9.17, 15) is 19.8 Å².